The van der Waals surface area contributed by atoms with Crippen molar-refractivity contribution in [1.82, 2.24) is 4.90 Å². The first-order valence-corrected chi connectivity index (χ1v) is 10.9. The quantitative estimate of drug-likeness (QED) is 0.338. The van der Waals surface area contributed by atoms with E-state index in [0.29, 0.717) is 22.6 Å². The van der Waals surface area contributed by atoms with E-state index in [1.165, 1.54) is 25.3 Å². The lowest BCUT2D eigenvalue weighted by Crippen LogP contribution is -2.45. The van der Waals surface area contributed by atoms with Crippen molar-refractivity contribution in [3.63, 3.8) is 0 Å². The number of carbonyl (C=O) groups excluding carboxylic acids is 1. The molecule has 0 aromatic heterocycles. The minimum absolute atomic E-state index is 0.170. The molecule has 1 fully saturated rings. The van der Waals surface area contributed by atoms with Crippen LogP contribution in [0.3, 0.4) is 0 Å². The van der Waals surface area contributed by atoms with Gasteiger partial charge < -0.3 is 20.3 Å². The Hall–Kier alpha value is -3.64. The van der Waals surface area contributed by atoms with Gasteiger partial charge >= 0.3 is 0 Å². The largest absolute Gasteiger partial charge is 0.497 e. The Morgan fingerprint density at radius 1 is 0.970 bits per heavy atom. The maximum Gasteiger partial charge on any atom is 0.187 e. The van der Waals surface area contributed by atoms with E-state index in [9.17, 15) is 9.18 Å². The molecule has 3 aromatic carbocycles. The average Bonchev–Trinajstić information content (AvgIpc) is 2.83. The van der Waals surface area contributed by atoms with Gasteiger partial charge in [-0.05, 0) is 66.7 Å². The molecular weight excluding hydrogens is 417 g/mol. The topological polar surface area (TPSA) is 58.8 Å². The maximum atomic E-state index is 14.3. The van der Waals surface area contributed by atoms with Crippen molar-refractivity contribution in [2.24, 2.45) is 0 Å². The molecule has 0 radical (unpaired) electrons. The van der Waals surface area contributed by atoms with E-state index >= 15 is 0 Å². The number of ketones is 1. The number of likely N-dealkylation sites (N-methyl/N-ethyl adjacent to an activating group) is 1. The second-order valence-corrected chi connectivity index (χ2v) is 8.23. The normalized spacial score (nSPS) is 14.6. The van der Waals surface area contributed by atoms with Gasteiger partial charge in [-0.1, -0.05) is 18.2 Å². The average molecular weight is 446 g/mol. The summed E-state index contributed by atoms with van der Waals surface area (Å²) in [6.45, 7) is 3.55. The molecule has 1 aliphatic heterocycles. The molecule has 5 nitrogen and oxygen atoms in total. The molecule has 2 N–H and O–H groups in total. The number of piperazine rings is 1. The van der Waals surface area contributed by atoms with Gasteiger partial charge in [-0.3, -0.25) is 4.79 Å². The van der Waals surface area contributed by atoms with E-state index < -0.39 is 5.82 Å². The van der Waals surface area contributed by atoms with Crippen LogP contribution in [0.1, 0.15) is 15.9 Å². The van der Waals surface area contributed by atoms with Crippen molar-refractivity contribution in [3.05, 3.63) is 83.7 Å². The van der Waals surface area contributed by atoms with Gasteiger partial charge in [-0.2, -0.15) is 0 Å². The smallest absolute Gasteiger partial charge is 0.187 e. The fourth-order valence-corrected chi connectivity index (χ4v) is 3.94. The first-order valence-electron chi connectivity index (χ1n) is 10.9. The Bertz CT molecular complexity index is 1170. The number of methoxy groups -OCH3 is 1. The number of nitrogens with zero attached hydrogens (tertiary/aromatic N) is 2. The molecular formula is C27H28FN3O2. The van der Waals surface area contributed by atoms with E-state index in [-0.39, 0.29) is 5.78 Å². The molecule has 6 heteroatoms. The fourth-order valence-electron chi connectivity index (χ4n) is 3.94. The van der Waals surface area contributed by atoms with Crippen molar-refractivity contribution >= 4 is 23.2 Å². The lowest BCUT2D eigenvalue weighted by atomic mass is 9.98. The van der Waals surface area contributed by atoms with Gasteiger partial charge in [-0.25, -0.2) is 4.39 Å². The number of anilines is 2. The molecule has 0 unspecified atom stereocenters. The van der Waals surface area contributed by atoms with E-state index in [1.807, 2.05) is 42.5 Å². The monoisotopic (exact) mass is 445 g/mol. The fraction of sp³-hybridized carbons (Fsp3) is 0.222. The summed E-state index contributed by atoms with van der Waals surface area (Å²) in [6.07, 6.45) is 2.95. The number of allylic oxidation sites excluding steroid dienone is 1. The van der Waals surface area contributed by atoms with Crippen molar-refractivity contribution < 1.29 is 13.9 Å². The number of nitrogen functional groups attached to an aromatic ring is 1. The second kappa shape index (κ2) is 9.88. The van der Waals surface area contributed by atoms with Crippen LogP contribution >= 0.6 is 0 Å². The standard InChI is InChI=1S/C27H28FN3O2/c1-30-13-15-31(16-14-30)26-11-6-21(19-3-8-22(29)9-4-19)17-24(26)27(32)12-7-20-5-10-23(33-2)18-25(20)28/h3-12,17-18H,13-16,29H2,1-2H3/b12-7+. The summed E-state index contributed by atoms with van der Waals surface area (Å²) in [6, 6.07) is 18.1. The van der Waals surface area contributed by atoms with Crippen LogP contribution in [-0.4, -0.2) is 51.0 Å². The van der Waals surface area contributed by atoms with E-state index in [1.54, 1.807) is 12.1 Å². The molecule has 0 aliphatic carbocycles. The third-order valence-corrected chi connectivity index (χ3v) is 5.97. The number of halogens is 1. The molecule has 0 bridgehead atoms. The number of hydrogen-bond acceptors (Lipinski definition) is 5. The number of nitrogens with two attached hydrogens (primary N) is 1. The van der Waals surface area contributed by atoms with Gasteiger partial charge in [0.25, 0.3) is 0 Å². The first-order chi connectivity index (χ1) is 15.9. The molecule has 0 saturated carbocycles. The van der Waals surface area contributed by atoms with Crippen LogP contribution < -0.4 is 15.4 Å². The minimum Gasteiger partial charge on any atom is -0.497 e. The summed E-state index contributed by atoms with van der Waals surface area (Å²) in [5.41, 5.74) is 10.3. The highest BCUT2D eigenvalue weighted by Gasteiger charge is 2.20. The van der Waals surface area contributed by atoms with E-state index in [4.69, 9.17) is 10.5 Å². The molecule has 1 heterocycles. The van der Waals surface area contributed by atoms with Gasteiger partial charge in [0.1, 0.15) is 11.6 Å². The van der Waals surface area contributed by atoms with Crippen LogP contribution in [0.4, 0.5) is 15.8 Å². The number of rotatable bonds is 6. The zero-order valence-corrected chi connectivity index (χ0v) is 18.9. The zero-order chi connectivity index (χ0) is 23.4. The summed E-state index contributed by atoms with van der Waals surface area (Å²) in [5.74, 6) is -0.172. The van der Waals surface area contributed by atoms with Gasteiger partial charge in [-0.15, -0.1) is 0 Å². The van der Waals surface area contributed by atoms with E-state index in [0.717, 1.165) is 43.0 Å². The Labute approximate surface area is 193 Å². The molecule has 1 aliphatic rings. The maximum absolute atomic E-state index is 14.3. The minimum atomic E-state index is -0.437. The molecule has 170 valence electrons. The Morgan fingerprint density at radius 2 is 1.67 bits per heavy atom. The Kier molecular flexibility index (Phi) is 6.75. The molecule has 1 saturated heterocycles. The van der Waals surface area contributed by atoms with Gasteiger partial charge in [0, 0.05) is 54.7 Å². The zero-order valence-electron chi connectivity index (χ0n) is 18.9. The third kappa shape index (κ3) is 5.23. The SMILES string of the molecule is COc1ccc(/C=C/C(=O)c2cc(-c3ccc(N)cc3)ccc2N2CCN(C)CC2)c(F)c1. The summed E-state index contributed by atoms with van der Waals surface area (Å²) in [4.78, 5) is 17.8. The van der Waals surface area contributed by atoms with Crippen LogP contribution in [0.5, 0.6) is 5.75 Å². The van der Waals surface area contributed by atoms with Crippen LogP contribution in [-0.2, 0) is 0 Å². The predicted octanol–water partition coefficient (Wildman–Crippen LogP) is 4.73. The Balaban J connectivity index is 1.69. The van der Waals surface area contributed by atoms with Crippen molar-refractivity contribution in [2.75, 3.05) is 51.0 Å². The second-order valence-electron chi connectivity index (χ2n) is 8.23. The van der Waals surface area contributed by atoms with Crippen molar-refractivity contribution in [3.8, 4) is 16.9 Å². The number of ether oxygens (including phenoxy) is 1. The summed E-state index contributed by atoms with van der Waals surface area (Å²) >= 11 is 0. The van der Waals surface area contributed by atoms with Gasteiger partial charge in [0.15, 0.2) is 5.78 Å². The summed E-state index contributed by atoms with van der Waals surface area (Å²) in [5, 5.41) is 0. The lowest BCUT2D eigenvalue weighted by molar-refractivity contribution is 0.104. The third-order valence-electron chi connectivity index (χ3n) is 5.97. The molecule has 3 aromatic rings. The van der Waals surface area contributed by atoms with Gasteiger partial charge in [0.05, 0.1) is 7.11 Å². The number of carbonyl (C=O) groups is 1. The summed E-state index contributed by atoms with van der Waals surface area (Å²) < 4.78 is 19.4. The highest BCUT2D eigenvalue weighted by atomic mass is 19.1. The first kappa shape index (κ1) is 22.6. The van der Waals surface area contributed by atoms with Crippen LogP contribution in [0.25, 0.3) is 17.2 Å². The van der Waals surface area contributed by atoms with Gasteiger partial charge in [0.2, 0.25) is 0 Å². The van der Waals surface area contributed by atoms with Crippen LogP contribution in [0.15, 0.2) is 66.7 Å². The number of hydrogen-bond donors (Lipinski definition) is 1. The predicted molar refractivity (Wildman–Crippen MR) is 132 cm³/mol. The van der Waals surface area contributed by atoms with Crippen LogP contribution in [0, 0.1) is 5.82 Å². The van der Waals surface area contributed by atoms with Crippen molar-refractivity contribution in [1.29, 1.82) is 0 Å². The highest BCUT2D eigenvalue weighted by molar-refractivity contribution is 6.11. The Morgan fingerprint density at radius 3 is 2.33 bits per heavy atom. The number of benzene rings is 3. The highest BCUT2D eigenvalue weighted by Crippen LogP contribution is 2.30. The molecule has 33 heavy (non-hydrogen) atoms. The molecule has 0 amide bonds. The molecule has 4 rings (SSSR count). The van der Waals surface area contributed by atoms with Crippen molar-refractivity contribution in [2.45, 2.75) is 0 Å². The molecule has 0 spiro atoms. The van der Waals surface area contributed by atoms with Crippen LogP contribution in [0.2, 0.25) is 0 Å². The summed E-state index contributed by atoms with van der Waals surface area (Å²) in [7, 11) is 3.58. The molecule has 0 atom stereocenters. The van der Waals surface area contributed by atoms with E-state index in [2.05, 4.69) is 16.8 Å². The lowest BCUT2D eigenvalue weighted by Gasteiger charge is -2.35.